The highest BCUT2D eigenvalue weighted by Gasteiger charge is 2.30. The monoisotopic (exact) mass is 295 g/mol. The number of hydrogen-bond donors (Lipinski definition) is 1. The Morgan fingerprint density at radius 1 is 1.10 bits per heavy atom. The Kier molecular flexibility index (Phi) is 4.53. The topological polar surface area (TPSA) is 35.2 Å². The van der Waals surface area contributed by atoms with Crippen LogP contribution < -0.4 is 10.5 Å². The van der Waals surface area contributed by atoms with Gasteiger partial charge >= 0.3 is 6.18 Å². The van der Waals surface area contributed by atoms with Crippen LogP contribution in [0.25, 0.3) is 0 Å². The van der Waals surface area contributed by atoms with E-state index in [1.165, 1.54) is 12.1 Å². The van der Waals surface area contributed by atoms with Gasteiger partial charge in [0.05, 0.1) is 11.6 Å². The molecule has 0 aliphatic carbocycles. The minimum absolute atomic E-state index is 0.117. The maximum atomic E-state index is 12.6. The lowest BCUT2D eigenvalue weighted by molar-refractivity contribution is -0.137. The molecule has 0 amide bonds. The average molecular weight is 295 g/mol. The van der Waals surface area contributed by atoms with Crippen molar-refractivity contribution >= 4 is 0 Å². The van der Waals surface area contributed by atoms with Crippen molar-refractivity contribution in [2.75, 3.05) is 6.61 Å². The van der Waals surface area contributed by atoms with Crippen molar-refractivity contribution in [1.82, 2.24) is 0 Å². The molecule has 1 unspecified atom stereocenters. The third-order valence-electron chi connectivity index (χ3n) is 3.18. The van der Waals surface area contributed by atoms with Gasteiger partial charge in [-0.1, -0.05) is 30.3 Å². The number of rotatable bonds is 4. The Bertz CT molecular complexity index is 610. The first-order valence-corrected chi connectivity index (χ1v) is 6.49. The summed E-state index contributed by atoms with van der Waals surface area (Å²) in [6.07, 6.45) is -4.38. The molecule has 0 aromatic heterocycles. The zero-order chi connectivity index (χ0) is 15.5. The molecule has 2 nitrogen and oxygen atoms in total. The Morgan fingerprint density at radius 3 is 2.48 bits per heavy atom. The van der Waals surface area contributed by atoms with Gasteiger partial charge in [-0.25, -0.2) is 0 Å². The van der Waals surface area contributed by atoms with Crippen LogP contribution in [0.4, 0.5) is 13.2 Å². The number of nitrogens with two attached hydrogens (primary N) is 1. The molecule has 0 saturated heterocycles. The van der Waals surface area contributed by atoms with Crippen LogP contribution >= 0.6 is 0 Å². The van der Waals surface area contributed by atoms with Gasteiger partial charge in [-0.15, -0.1) is 0 Å². The van der Waals surface area contributed by atoms with Gasteiger partial charge in [0, 0.05) is 0 Å². The summed E-state index contributed by atoms with van der Waals surface area (Å²) in [4.78, 5) is 0. The van der Waals surface area contributed by atoms with Crippen LogP contribution in [0.15, 0.2) is 48.5 Å². The molecule has 0 saturated carbocycles. The predicted octanol–water partition coefficient (Wildman–Crippen LogP) is 4.09. The number of alkyl halides is 3. The van der Waals surface area contributed by atoms with Crippen molar-refractivity contribution in [3.63, 3.8) is 0 Å². The third kappa shape index (κ3) is 3.98. The summed E-state index contributed by atoms with van der Waals surface area (Å²) in [6, 6.07) is 12.0. The van der Waals surface area contributed by atoms with E-state index in [9.17, 15) is 13.2 Å². The van der Waals surface area contributed by atoms with Crippen molar-refractivity contribution in [2.45, 2.75) is 19.1 Å². The molecule has 112 valence electrons. The molecule has 1 atom stereocenters. The first-order chi connectivity index (χ1) is 9.88. The molecule has 0 aliphatic heterocycles. The fourth-order valence-corrected chi connectivity index (χ4v) is 2.04. The summed E-state index contributed by atoms with van der Waals surface area (Å²) < 4.78 is 43.2. The molecular weight excluding hydrogens is 279 g/mol. The maximum Gasteiger partial charge on any atom is 0.416 e. The van der Waals surface area contributed by atoms with Crippen LogP contribution in [-0.4, -0.2) is 6.61 Å². The highest BCUT2D eigenvalue weighted by Crippen LogP contribution is 2.31. The van der Waals surface area contributed by atoms with Crippen molar-refractivity contribution in [3.8, 4) is 5.75 Å². The fraction of sp³-hybridized carbons (Fsp3) is 0.250. The number of aryl methyl sites for hydroxylation is 1. The second-order valence-corrected chi connectivity index (χ2v) is 4.80. The lowest BCUT2D eigenvalue weighted by Gasteiger charge is -2.16. The molecule has 0 aliphatic rings. The molecule has 2 rings (SSSR count). The van der Waals surface area contributed by atoms with Gasteiger partial charge in [0.1, 0.15) is 12.4 Å². The lowest BCUT2D eigenvalue weighted by Crippen LogP contribution is -2.20. The highest BCUT2D eigenvalue weighted by atomic mass is 19.4. The first kappa shape index (κ1) is 15.4. The van der Waals surface area contributed by atoms with Gasteiger partial charge < -0.3 is 10.5 Å². The molecule has 5 heteroatoms. The van der Waals surface area contributed by atoms with Crippen LogP contribution in [0, 0.1) is 6.92 Å². The zero-order valence-corrected chi connectivity index (χ0v) is 11.5. The number of ether oxygens (including phenoxy) is 1. The fourth-order valence-electron chi connectivity index (χ4n) is 2.04. The van der Waals surface area contributed by atoms with Gasteiger partial charge in [-0.3, -0.25) is 0 Å². The van der Waals surface area contributed by atoms with Gasteiger partial charge in [0.25, 0.3) is 0 Å². The van der Waals surface area contributed by atoms with Gasteiger partial charge in [-0.05, 0) is 36.2 Å². The maximum absolute atomic E-state index is 12.6. The van der Waals surface area contributed by atoms with E-state index < -0.39 is 11.7 Å². The Labute approximate surface area is 121 Å². The van der Waals surface area contributed by atoms with E-state index in [2.05, 4.69) is 0 Å². The molecule has 21 heavy (non-hydrogen) atoms. The summed E-state index contributed by atoms with van der Waals surface area (Å²) >= 11 is 0. The number of halogens is 3. The summed E-state index contributed by atoms with van der Waals surface area (Å²) in [5.74, 6) is 0.161. The Balaban J connectivity index is 2.05. The third-order valence-corrected chi connectivity index (χ3v) is 3.18. The summed E-state index contributed by atoms with van der Waals surface area (Å²) in [5.41, 5.74) is 7.23. The van der Waals surface area contributed by atoms with E-state index in [0.717, 1.165) is 23.3 Å². The van der Waals surface area contributed by atoms with Gasteiger partial charge in [0.2, 0.25) is 0 Å². The van der Waals surface area contributed by atoms with Crippen molar-refractivity contribution in [3.05, 3.63) is 65.2 Å². The van der Waals surface area contributed by atoms with Crippen LogP contribution in [0.3, 0.4) is 0 Å². The minimum Gasteiger partial charge on any atom is -0.492 e. The van der Waals surface area contributed by atoms with Crippen LogP contribution in [0.1, 0.15) is 22.7 Å². The normalized spacial score (nSPS) is 13.0. The SMILES string of the molecule is Cc1ccccc1C(N)COc1cccc(C(F)(F)F)c1. The van der Waals surface area contributed by atoms with Gasteiger partial charge in [0.15, 0.2) is 0 Å². The van der Waals surface area contributed by atoms with Gasteiger partial charge in [-0.2, -0.15) is 13.2 Å². The smallest absolute Gasteiger partial charge is 0.416 e. The molecule has 0 radical (unpaired) electrons. The molecule has 2 aromatic carbocycles. The first-order valence-electron chi connectivity index (χ1n) is 6.49. The van der Waals surface area contributed by atoms with Crippen LogP contribution in [0.2, 0.25) is 0 Å². The number of hydrogen-bond acceptors (Lipinski definition) is 2. The zero-order valence-electron chi connectivity index (χ0n) is 11.5. The minimum atomic E-state index is -4.38. The summed E-state index contributed by atoms with van der Waals surface area (Å²) in [7, 11) is 0. The Morgan fingerprint density at radius 2 is 1.81 bits per heavy atom. The van der Waals surface area contributed by atoms with Crippen molar-refractivity contribution in [1.29, 1.82) is 0 Å². The molecule has 0 spiro atoms. The average Bonchev–Trinajstić information content (AvgIpc) is 2.45. The largest absolute Gasteiger partial charge is 0.492 e. The van der Waals surface area contributed by atoms with E-state index in [-0.39, 0.29) is 18.4 Å². The standard InChI is InChI=1S/C16H16F3NO/c1-11-5-2-3-8-14(11)15(20)10-21-13-7-4-6-12(9-13)16(17,18)19/h2-9,15H,10,20H2,1H3. The molecule has 2 N–H and O–H groups in total. The van der Waals surface area contributed by atoms with E-state index in [1.807, 2.05) is 31.2 Å². The van der Waals surface area contributed by atoms with Crippen molar-refractivity contribution < 1.29 is 17.9 Å². The molecule has 0 heterocycles. The second-order valence-electron chi connectivity index (χ2n) is 4.80. The highest BCUT2D eigenvalue weighted by molar-refractivity contribution is 5.31. The summed E-state index contributed by atoms with van der Waals surface area (Å²) in [5, 5.41) is 0. The van der Waals surface area contributed by atoms with E-state index in [1.54, 1.807) is 0 Å². The molecule has 2 aromatic rings. The molecule has 0 bridgehead atoms. The Hall–Kier alpha value is -2.01. The molecule has 0 fully saturated rings. The van der Waals surface area contributed by atoms with Crippen LogP contribution in [0.5, 0.6) is 5.75 Å². The second kappa shape index (κ2) is 6.18. The lowest BCUT2D eigenvalue weighted by atomic mass is 10.0. The van der Waals surface area contributed by atoms with Crippen LogP contribution in [-0.2, 0) is 6.18 Å². The number of benzene rings is 2. The quantitative estimate of drug-likeness (QED) is 0.922. The summed E-state index contributed by atoms with van der Waals surface area (Å²) in [6.45, 7) is 2.05. The predicted molar refractivity (Wildman–Crippen MR) is 75.0 cm³/mol. The van der Waals surface area contributed by atoms with E-state index in [4.69, 9.17) is 10.5 Å². The van der Waals surface area contributed by atoms with E-state index >= 15 is 0 Å². The van der Waals surface area contributed by atoms with Crippen molar-refractivity contribution in [2.24, 2.45) is 5.73 Å². The molecular formula is C16H16F3NO. The van der Waals surface area contributed by atoms with E-state index in [0.29, 0.717) is 0 Å².